The van der Waals surface area contributed by atoms with Crippen molar-refractivity contribution in [2.45, 2.75) is 25.7 Å². The van der Waals surface area contributed by atoms with Crippen molar-refractivity contribution < 1.29 is 9.53 Å². The Labute approximate surface area is 108 Å². The molecule has 0 heterocycles. The largest absolute Gasteiger partial charge is 0.495 e. The Morgan fingerprint density at radius 2 is 2.28 bits per heavy atom. The van der Waals surface area contributed by atoms with E-state index >= 15 is 0 Å². The second-order valence-corrected chi connectivity index (χ2v) is 4.80. The normalized spacial score (nSPS) is 14.3. The van der Waals surface area contributed by atoms with E-state index in [4.69, 9.17) is 10.5 Å². The molecule has 18 heavy (non-hydrogen) atoms. The molecule has 0 saturated heterocycles. The quantitative estimate of drug-likeness (QED) is 0.599. The van der Waals surface area contributed by atoms with Gasteiger partial charge in [0.1, 0.15) is 5.75 Å². The molecule has 3 N–H and O–H groups in total. The minimum Gasteiger partial charge on any atom is -0.495 e. The van der Waals surface area contributed by atoms with Crippen molar-refractivity contribution in [3.8, 4) is 5.75 Å². The lowest BCUT2D eigenvalue weighted by atomic mass is 10.1. The van der Waals surface area contributed by atoms with Crippen molar-refractivity contribution in [2.75, 3.05) is 19.4 Å². The maximum Gasteiger partial charge on any atom is 0.251 e. The van der Waals surface area contributed by atoms with Crippen molar-refractivity contribution in [1.82, 2.24) is 5.32 Å². The van der Waals surface area contributed by atoms with Gasteiger partial charge in [-0.05, 0) is 37.0 Å². The van der Waals surface area contributed by atoms with E-state index in [2.05, 4.69) is 5.32 Å². The smallest absolute Gasteiger partial charge is 0.251 e. The van der Waals surface area contributed by atoms with E-state index < -0.39 is 0 Å². The Morgan fingerprint density at radius 1 is 1.50 bits per heavy atom. The Kier molecular flexibility index (Phi) is 4.07. The number of carbonyl (C=O) groups excluding carboxylic acids is 1. The van der Waals surface area contributed by atoms with Crippen LogP contribution in [-0.4, -0.2) is 19.6 Å². The molecule has 0 radical (unpaired) electrons. The molecule has 1 fully saturated rings. The number of hydrogen-bond donors (Lipinski definition) is 2. The van der Waals surface area contributed by atoms with Gasteiger partial charge in [-0.3, -0.25) is 4.79 Å². The van der Waals surface area contributed by atoms with Crippen LogP contribution >= 0.6 is 0 Å². The van der Waals surface area contributed by atoms with Crippen LogP contribution in [0.1, 0.15) is 36.0 Å². The Morgan fingerprint density at radius 3 is 2.89 bits per heavy atom. The van der Waals surface area contributed by atoms with Crippen LogP contribution in [0.4, 0.5) is 5.69 Å². The summed E-state index contributed by atoms with van der Waals surface area (Å²) in [5, 5.41) is 2.91. The highest BCUT2D eigenvalue weighted by Gasteiger charge is 2.20. The molecular weight excluding hydrogens is 228 g/mol. The predicted molar refractivity (Wildman–Crippen MR) is 71.7 cm³/mol. The van der Waals surface area contributed by atoms with Crippen molar-refractivity contribution in [3.05, 3.63) is 23.8 Å². The Balaban J connectivity index is 1.81. The minimum absolute atomic E-state index is 0.0693. The lowest BCUT2D eigenvalue weighted by Crippen LogP contribution is -2.24. The van der Waals surface area contributed by atoms with Gasteiger partial charge in [-0.1, -0.05) is 12.8 Å². The van der Waals surface area contributed by atoms with Gasteiger partial charge in [0.2, 0.25) is 0 Å². The molecule has 0 bridgehead atoms. The molecule has 1 aliphatic rings. The number of carbonyl (C=O) groups is 1. The molecule has 1 aromatic rings. The molecule has 0 aromatic heterocycles. The first-order valence-electron chi connectivity index (χ1n) is 6.42. The lowest BCUT2D eigenvalue weighted by Gasteiger charge is -2.08. The van der Waals surface area contributed by atoms with Crippen LogP contribution in [0.25, 0.3) is 0 Å². The van der Waals surface area contributed by atoms with E-state index in [0.717, 1.165) is 18.9 Å². The van der Waals surface area contributed by atoms with Gasteiger partial charge >= 0.3 is 0 Å². The monoisotopic (exact) mass is 248 g/mol. The molecule has 0 atom stereocenters. The summed E-state index contributed by atoms with van der Waals surface area (Å²) in [6, 6.07) is 5.09. The molecule has 1 amide bonds. The summed E-state index contributed by atoms with van der Waals surface area (Å²) in [5.74, 6) is 1.44. The second kappa shape index (κ2) is 5.76. The third-order valence-electron chi connectivity index (χ3n) is 3.26. The molecule has 1 saturated carbocycles. The maximum absolute atomic E-state index is 11.8. The number of nitrogens with two attached hydrogens (primary N) is 1. The van der Waals surface area contributed by atoms with Crippen LogP contribution in [0.5, 0.6) is 5.75 Å². The SMILES string of the molecule is COc1ccc(C(=O)NCCCC2CC2)cc1N. The number of hydrogen-bond acceptors (Lipinski definition) is 3. The fourth-order valence-electron chi connectivity index (χ4n) is 1.98. The number of amides is 1. The van der Waals surface area contributed by atoms with E-state index in [1.165, 1.54) is 19.3 Å². The van der Waals surface area contributed by atoms with Gasteiger partial charge in [-0.25, -0.2) is 0 Å². The summed E-state index contributed by atoms with van der Waals surface area (Å²) in [5.41, 5.74) is 6.84. The molecule has 4 nitrogen and oxygen atoms in total. The summed E-state index contributed by atoms with van der Waals surface area (Å²) in [4.78, 5) is 11.8. The third kappa shape index (κ3) is 3.39. The van der Waals surface area contributed by atoms with E-state index in [1.54, 1.807) is 25.3 Å². The van der Waals surface area contributed by atoms with E-state index in [1.807, 2.05) is 0 Å². The standard InChI is InChI=1S/C14H20N2O2/c1-18-13-7-6-11(9-12(13)15)14(17)16-8-2-3-10-4-5-10/h6-7,9-10H,2-5,8,15H2,1H3,(H,16,17). The summed E-state index contributed by atoms with van der Waals surface area (Å²) in [6.45, 7) is 0.737. The Bertz CT molecular complexity index is 428. The number of rotatable bonds is 6. The number of ether oxygens (including phenoxy) is 1. The van der Waals surface area contributed by atoms with Crippen molar-refractivity contribution in [3.63, 3.8) is 0 Å². The number of nitrogens with one attached hydrogen (secondary N) is 1. The predicted octanol–water partition coefficient (Wildman–Crippen LogP) is 2.20. The number of nitrogen functional groups attached to an aromatic ring is 1. The first kappa shape index (κ1) is 12.7. The molecule has 1 aromatic carbocycles. The van der Waals surface area contributed by atoms with Gasteiger partial charge in [0.05, 0.1) is 12.8 Å². The third-order valence-corrected chi connectivity index (χ3v) is 3.26. The van der Waals surface area contributed by atoms with Crippen LogP contribution in [0.3, 0.4) is 0 Å². The molecule has 0 spiro atoms. The van der Waals surface area contributed by atoms with Crippen molar-refractivity contribution >= 4 is 11.6 Å². The first-order valence-corrected chi connectivity index (χ1v) is 6.42. The van der Waals surface area contributed by atoms with Crippen LogP contribution in [0, 0.1) is 5.92 Å². The van der Waals surface area contributed by atoms with Gasteiger partial charge in [0.15, 0.2) is 0 Å². The van der Waals surface area contributed by atoms with Gasteiger partial charge in [0.25, 0.3) is 5.91 Å². The number of methoxy groups -OCH3 is 1. The molecule has 0 unspecified atom stereocenters. The highest BCUT2D eigenvalue weighted by Crippen LogP contribution is 2.33. The van der Waals surface area contributed by atoms with E-state index in [9.17, 15) is 4.79 Å². The highest BCUT2D eigenvalue weighted by atomic mass is 16.5. The van der Waals surface area contributed by atoms with Crippen LogP contribution in [0.15, 0.2) is 18.2 Å². The molecular formula is C14H20N2O2. The maximum atomic E-state index is 11.8. The molecule has 2 rings (SSSR count). The number of anilines is 1. The molecule has 1 aliphatic carbocycles. The fourth-order valence-corrected chi connectivity index (χ4v) is 1.98. The average Bonchev–Trinajstić information content (AvgIpc) is 3.18. The summed E-state index contributed by atoms with van der Waals surface area (Å²) in [7, 11) is 1.56. The van der Waals surface area contributed by atoms with Crippen molar-refractivity contribution in [1.29, 1.82) is 0 Å². The fraction of sp³-hybridized carbons (Fsp3) is 0.500. The molecule has 98 valence electrons. The van der Waals surface area contributed by atoms with Crippen LogP contribution in [0.2, 0.25) is 0 Å². The summed E-state index contributed by atoms with van der Waals surface area (Å²) < 4.78 is 5.05. The summed E-state index contributed by atoms with van der Waals surface area (Å²) in [6.07, 6.45) is 5.01. The van der Waals surface area contributed by atoms with Gasteiger partial charge in [0, 0.05) is 12.1 Å². The molecule has 4 heteroatoms. The van der Waals surface area contributed by atoms with E-state index in [-0.39, 0.29) is 5.91 Å². The molecule has 0 aliphatic heterocycles. The zero-order valence-corrected chi connectivity index (χ0v) is 10.7. The Hall–Kier alpha value is -1.71. The average molecular weight is 248 g/mol. The van der Waals surface area contributed by atoms with E-state index in [0.29, 0.717) is 17.0 Å². The minimum atomic E-state index is -0.0693. The lowest BCUT2D eigenvalue weighted by molar-refractivity contribution is 0.0953. The van der Waals surface area contributed by atoms with Gasteiger partial charge < -0.3 is 15.8 Å². The summed E-state index contributed by atoms with van der Waals surface area (Å²) >= 11 is 0. The first-order chi connectivity index (χ1) is 8.70. The second-order valence-electron chi connectivity index (χ2n) is 4.80. The zero-order chi connectivity index (χ0) is 13.0. The van der Waals surface area contributed by atoms with Gasteiger partial charge in [-0.2, -0.15) is 0 Å². The van der Waals surface area contributed by atoms with Gasteiger partial charge in [-0.15, -0.1) is 0 Å². The highest BCUT2D eigenvalue weighted by molar-refractivity contribution is 5.95. The van der Waals surface area contributed by atoms with Crippen molar-refractivity contribution in [2.24, 2.45) is 5.92 Å². The van der Waals surface area contributed by atoms with Crippen LogP contribution in [-0.2, 0) is 0 Å². The number of benzene rings is 1. The topological polar surface area (TPSA) is 64.3 Å². The zero-order valence-electron chi connectivity index (χ0n) is 10.7. The van der Waals surface area contributed by atoms with Crippen LogP contribution < -0.4 is 15.8 Å².